The first-order chi connectivity index (χ1) is 15.5. The summed E-state index contributed by atoms with van der Waals surface area (Å²) in [5, 5.41) is 29.7. The summed E-state index contributed by atoms with van der Waals surface area (Å²) in [6.45, 7) is -0.298. The molecule has 9 nitrogen and oxygen atoms in total. The van der Waals surface area contributed by atoms with Crippen LogP contribution in [0.3, 0.4) is 0 Å². The fraction of sp³-hybridized carbons (Fsp3) is 0.286. The number of benzene rings is 2. The van der Waals surface area contributed by atoms with E-state index in [0.717, 1.165) is 12.1 Å². The Morgan fingerprint density at radius 3 is 2.59 bits per heavy atom. The molecule has 168 valence electrons. The molecule has 32 heavy (non-hydrogen) atoms. The van der Waals surface area contributed by atoms with Crippen molar-refractivity contribution in [1.29, 1.82) is 5.26 Å². The third-order valence-corrected chi connectivity index (χ3v) is 4.76. The van der Waals surface area contributed by atoms with Crippen molar-refractivity contribution in [3.05, 3.63) is 59.2 Å². The Morgan fingerprint density at radius 1 is 1.31 bits per heavy atom. The maximum Gasteiger partial charge on any atom is 0.319 e. The lowest BCUT2D eigenvalue weighted by Crippen LogP contribution is -2.45. The molecule has 1 fully saturated rings. The average molecular weight is 445 g/mol. The molecular weight excluding hydrogens is 424 g/mol. The van der Waals surface area contributed by atoms with E-state index in [1.165, 1.54) is 19.2 Å². The number of hydrogen-bond acceptors (Lipinski definition) is 6. The number of anilines is 1. The quantitative estimate of drug-likeness (QED) is 0.382. The molecule has 1 saturated heterocycles. The monoisotopic (exact) mass is 445 g/mol. The number of carbonyl (C=O) groups is 1. The van der Waals surface area contributed by atoms with Gasteiger partial charge in [-0.3, -0.25) is 0 Å². The zero-order chi connectivity index (χ0) is 23.1. The largest absolute Gasteiger partial charge is 0.497 e. The highest BCUT2D eigenvalue weighted by Gasteiger charge is 2.39. The van der Waals surface area contributed by atoms with E-state index in [-0.39, 0.29) is 36.9 Å². The van der Waals surface area contributed by atoms with Gasteiger partial charge >= 0.3 is 6.03 Å². The summed E-state index contributed by atoms with van der Waals surface area (Å²) in [7, 11) is 1.30. The summed E-state index contributed by atoms with van der Waals surface area (Å²) in [6.07, 6.45) is 0. The van der Waals surface area contributed by atoms with E-state index in [1.807, 2.05) is 6.07 Å². The molecule has 0 radical (unpaired) electrons. The van der Waals surface area contributed by atoms with E-state index >= 15 is 0 Å². The Morgan fingerprint density at radius 2 is 2.00 bits per heavy atom. The van der Waals surface area contributed by atoms with Gasteiger partial charge in [-0.2, -0.15) is 5.26 Å². The number of hydrogen-bond donors (Lipinski definition) is 4. The smallest absolute Gasteiger partial charge is 0.319 e. The number of aliphatic hydroxyl groups excluding tert-OH is 1. The maximum absolute atomic E-state index is 14.7. The summed E-state index contributed by atoms with van der Waals surface area (Å²) in [6, 6.07) is 8.65. The van der Waals surface area contributed by atoms with Gasteiger partial charge in [0.25, 0.3) is 0 Å². The lowest BCUT2D eigenvalue weighted by Gasteiger charge is -2.21. The van der Waals surface area contributed by atoms with Gasteiger partial charge < -0.3 is 30.6 Å². The molecule has 0 spiro atoms. The van der Waals surface area contributed by atoms with Gasteiger partial charge in [-0.05, 0) is 24.3 Å². The normalized spacial score (nSPS) is 18.5. The number of rotatable bonds is 7. The van der Waals surface area contributed by atoms with Crippen molar-refractivity contribution in [2.45, 2.75) is 12.0 Å². The number of nitriles is 1. The molecule has 0 aliphatic carbocycles. The number of carbonyl (C=O) groups excluding carboxylic acids is 1. The Labute approximate surface area is 182 Å². The van der Waals surface area contributed by atoms with Crippen LogP contribution in [0.2, 0.25) is 0 Å². The predicted molar refractivity (Wildman–Crippen MR) is 111 cm³/mol. The summed E-state index contributed by atoms with van der Waals surface area (Å²) < 4.78 is 34.3. The van der Waals surface area contributed by atoms with Crippen LogP contribution in [-0.2, 0) is 4.84 Å². The molecule has 2 aromatic carbocycles. The minimum atomic E-state index is -0.954. The molecule has 2 amide bonds. The van der Waals surface area contributed by atoms with E-state index < -0.39 is 29.6 Å². The summed E-state index contributed by atoms with van der Waals surface area (Å²) in [5.74, 6) is -2.33. The minimum absolute atomic E-state index is 0.0259. The van der Waals surface area contributed by atoms with Crippen LogP contribution in [0, 0.1) is 23.0 Å². The van der Waals surface area contributed by atoms with E-state index in [0.29, 0.717) is 11.3 Å². The number of urea groups is 1. The van der Waals surface area contributed by atoms with Gasteiger partial charge in [0.2, 0.25) is 0 Å². The molecule has 0 saturated carbocycles. The number of amides is 2. The second kappa shape index (κ2) is 10.4. The van der Waals surface area contributed by atoms with E-state index in [1.54, 1.807) is 12.1 Å². The number of amidine groups is 1. The second-order valence-electron chi connectivity index (χ2n) is 6.79. The first-order valence-electron chi connectivity index (χ1n) is 9.62. The van der Waals surface area contributed by atoms with Gasteiger partial charge in [-0.25, -0.2) is 13.6 Å². The Hall–Kier alpha value is -3.91. The van der Waals surface area contributed by atoms with E-state index in [4.69, 9.17) is 19.9 Å². The maximum atomic E-state index is 14.7. The highest BCUT2D eigenvalue weighted by Crippen LogP contribution is 2.31. The van der Waals surface area contributed by atoms with Crippen LogP contribution in [0.1, 0.15) is 17.0 Å². The van der Waals surface area contributed by atoms with Crippen LogP contribution < -0.4 is 20.7 Å². The Kier molecular flexibility index (Phi) is 7.41. The lowest BCUT2D eigenvalue weighted by molar-refractivity contribution is 0.0974. The molecule has 0 bridgehead atoms. The number of ether oxygens (including phenoxy) is 1. The van der Waals surface area contributed by atoms with Crippen molar-refractivity contribution in [3.8, 4) is 11.8 Å². The minimum Gasteiger partial charge on any atom is -0.497 e. The number of nitrogens with zero attached hydrogens (tertiary/aromatic N) is 2. The number of aliphatic hydroxyl groups is 1. The van der Waals surface area contributed by atoms with Gasteiger partial charge in [-0.1, -0.05) is 5.16 Å². The molecule has 2 atom stereocenters. The standard InChI is InChI=1S/C21H21F2N5O4/c1-31-14-8-16(22)18(17(23)9-14)15-11-25-20(28-32-7-6-29)19(15)27-21(30)26-13-4-2-12(10-24)3-5-13/h2-5,8-9,15,19,29H,6-7,11H2,1H3,(H,25,28)(H2,26,27,30)/t15-,19-/m0/s1. The van der Waals surface area contributed by atoms with Crippen molar-refractivity contribution in [2.75, 3.05) is 32.2 Å². The molecule has 4 N–H and O–H groups in total. The van der Waals surface area contributed by atoms with Crippen molar-refractivity contribution in [2.24, 2.45) is 5.16 Å². The van der Waals surface area contributed by atoms with Gasteiger partial charge in [-0.15, -0.1) is 0 Å². The van der Waals surface area contributed by atoms with Crippen LogP contribution in [0.4, 0.5) is 19.3 Å². The third kappa shape index (κ3) is 5.22. The predicted octanol–water partition coefficient (Wildman–Crippen LogP) is 2.04. The summed E-state index contributed by atoms with van der Waals surface area (Å²) in [4.78, 5) is 17.6. The molecule has 1 heterocycles. The Bertz CT molecular complexity index is 1020. The third-order valence-electron chi connectivity index (χ3n) is 4.76. The fourth-order valence-electron chi connectivity index (χ4n) is 3.29. The van der Waals surface area contributed by atoms with E-state index in [2.05, 4.69) is 21.1 Å². The van der Waals surface area contributed by atoms with Crippen molar-refractivity contribution < 1.29 is 28.3 Å². The van der Waals surface area contributed by atoms with Gasteiger partial charge in [0.05, 0.1) is 25.3 Å². The lowest BCUT2D eigenvalue weighted by atomic mass is 9.92. The number of methoxy groups -OCH3 is 1. The van der Waals surface area contributed by atoms with E-state index in [9.17, 15) is 13.6 Å². The first kappa shape index (κ1) is 22.8. The second-order valence-corrected chi connectivity index (χ2v) is 6.79. The topological polar surface area (TPSA) is 128 Å². The number of nitrogens with one attached hydrogen (secondary N) is 3. The van der Waals surface area contributed by atoms with Gasteiger partial charge in [0, 0.05) is 35.8 Å². The summed E-state index contributed by atoms with van der Waals surface area (Å²) in [5.41, 5.74) is 0.604. The molecule has 11 heteroatoms. The zero-order valence-electron chi connectivity index (χ0n) is 17.1. The molecule has 3 rings (SSSR count). The van der Waals surface area contributed by atoms with Gasteiger partial charge in [0.1, 0.15) is 30.0 Å². The molecular formula is C21H21F2N5O4. The van der Waals surface area contributed by atoms with Crippen molar-refractivity contribution in [1.82, 2.24) is 10.6 Å². The highest BCUT2D eigenvalue weighted by atomic mass is 19.1. The van der Waals surface area contributed by atoms with Crippen molar-refractivity contribution >= 4 is 17.6 Å². The van der Waals surface area contributed by atoms with Crippen LogP contribution in [-0.4, -0.2) is 49.9 Å². The van der Waals surface area contributed by atoms with Crippen LogP contribution in [0.25, 0.3) is 0 Å². The fourth-order valence-corrected chi connectivity index (χ4v) is 3.29. The molecule has 1 aliphatic heterocycles. The van der Waals surface area contributed by atoms with Crippen LogP contribution in [0.15, 0.2) is 41.6 Å². The van der Waals surface area contributed by atoms with Crippen LogP contribution in [0.5, 0.6) is 5.75 Å². The first-order valence-corrected chi connectivity index (χ1v) is 9.62. The molecule has 0 aromatic heterocycles. The van der Waals surface area contributed by atoms with Crippen molar-refractivity contribution in [3.63, 3.8) is 0 Å². The van der Waals surface area contributed by atoms with Gasteiger partial charge in [0.15, 0.2) is 5.84 Å². The highest BCUT2D eigenvalue weighted by molar-refractivity contribution is 5.97. The zero-order valence-corrected chi connectivity index (χ0v) is 17.1. The number of oxime groups is 1. The SMILES string of the molecule is COc1cc(F)c([C@@H]2CNC(=NOCCO)[C@H]2NC(=O)Nc2ccc(C#N)cc2)c(F)c1. The Balaban J connectivity index is 1.85. The number of halogens is 2. The summed E-state index contributed by atoms with van der Waals surface area (Å²) >= 11 is 0. The molecule has 2 aromatic rings. The van der Waals surface area contributed by atoms with Crippen LogP contribution >= 0.6 is 0 Å². The molecule has 0 unspecified atom stereocenters. The average Bonchev–Trinajstić information content (AvgIpc) is 3.15. The molecule has 1 aliphatic rings.